The van der Waals surface area contributed by atoms with Gasteiger partial charge >= 0.3 is 0 Å². The van der Waals surface area contributed by atoms with Crippen molar-refractivity contribution in [3.05, 3.63) is 30.9 Å². The molecule has 0 spiro atoms. The molecule has 6 heteroatoms. The normalized spacial score (nSPS) is 11.1. The van der Waals surface area contributed by atoms with Crippen LogP contribution in [0.5, 0.6) is 0 Å². The van der Waals surface area contributed by atoms with Crippen molar-refractivity contribution in [2.45, 2.75) is 19.9 Å². The maximum atomic E-state index is 4.37. The average Bonchev–Trinajstić information content (AvgIpc) is 2.90. The number of hydrogen-bond donors (Lipinski definition) is 0. The predicted molar refractivity (Wildman–Crippen MR) is 64.6 cm³/mol. The van der Waals surface area contributed by atoms with Gasteiger partial charge in [-0.3, -0.25) is 0 Å². The van der Waals surface area contributed by atoms with Crippen molar-refractivity contribution >= 4 is 16.3 Å². The maximum Gasteiger partial charge on any atom is 0.233 e. The SMILES string of the molecule is CCC[n+]1ccc(-c2nn3ncnc3s2)cc1. The molecule has 0 aromatic carbocycles. The molecule has 0 aliphatic carbocycles. The van der Waals surface area contributed by atoms with Crippen molar-refractivity contribution in [3.8, 4) is 10.6 Å². The van der Waals surface area contributed by atoms with Gasteiger partial charge in [-0.1, -0.05) is 18.3 Å². The lowest BCUT2D eigenvalue weighted by Crippen LogP contribution is -2.31. The molecule has 17 heavy (non-hydrogen) atoms. The van der Waals surface area contributed by atoms with E-state index >= 15 is 0 Å². The van der Waals surface area contributed by atoms with E-state index in [0.717, 1.165) is 28.5 Å². The van der Waals surface area contributed by atoms with Crippen LogP contribution in [0.3, 0.4) is 0 Å². The van der Waals surface area contributed by atoms with E-state index in [4.69, 9.17) is 0 Å². The Kier molecular flexibility index (Phi) is 2.56. The van der Waals surface area contributed by atoms with Gasteiger partial charge in [0.2, 0.25) is 4.96 Å². The molecule has 3 rings (SSSR count). The number of rotatable bonds is 3. The molecule has 0 aliphatic heterocycles. The largest absolute Gasteiger partial charge is 0.233 e. The van der Waals surface area contributed by atoms with Gasteiger partial charge in [0.25, 0.3) is 0 Å². The Morgan fingerprint density at radius 2 is 2.18 bits per heavy atom. The summed E-state index contributed by atoms with van der Waals surface area (Å²) < 4.78 is 3.73. The molecule has 0 saturated carbocycles. The van der Waals surface area contributed by atoms with Gasteiger partial charge in [0, 0.05) is 24.1 Å². The summed E-state index contributed by atoms with van der Waals surface area (Å²) in [5.74, 6) is 0. The van der Waals surface area contributed by atoms with Crippen LogP contribution >= 0.6 is 11.3 Å². The number of fused-ring (bicyclic) bond motifs is 1. The molecule has 3 aromatic rings. The third-order valence-corrected chi connectivity index (χ3v) is 3.46. The fourth-order valence-electron chi connectivity index (χ4n) is 1.68. The van der Waals surface area contributed by atoms with Gasteiger partial charge in [0.1, 0.15) is 17.9 Å². The monoisotopic (exact) mass is 246 g/mol. The second-order valence-electron chi connectivity index (χ2n) is 3.76. The summed E-state index contributed by atoms with van der Waals surface area (Å²) in [5, 5.41) is 9.33. The van der Waals surface area contributed by atoms with Crippen LogP contribution in [0.15, 0.2) is 30.9 Å². The summed E-state index contributed by atoms with van der Waals surface area (Å²) >= 11 is 1.55. The van der Waals surface area contributed by atoms with Crippen molar-refractivity contribution < 1.29 is 4.57 Å². The van der Waals surface area contributed by atoms with Gasteiger partial charge in [0.05, 0.1) is 0 Å². The third-order valence-electron chi connectivity index (χ3n) is 2.49. The second kappa shape index (κ2) is 4.21. The summed E-state index contributed by atoms with van der Waals surface area (Å²) in [4.78, 5) is 4.94. The topological polar surface area (TPSA) is 47.0 Å². The molecule has 3 heterocycles. The molecule has 0 radical (unpaired) electrons. The molecule has 0 bridgehead atoms. The van der Waals surface area contributed by atoms with Gasteiger partial charge in [-0.05, 0) is 0 Å². The number of aromatic nitrogens is 5. The van der Waals surface area contributed by atoms with Crippen LogP contribution in [0.4, 0.5) is 0 Å². The first kappa shape index (κ1) is 10.3. The standard InChI is InChI=1S/C11H12N5S/c1-2-5-15-6-3-9(4-7-15)10-14-16-11(17-10)12-8-13-16/h3-4,6-8H,2,5H2,1H3/q+1. The Hall–Kier alpha value is -1.82. The highest BCUT2D eigenvalue weighted by atomic mass is 32.1. The molecular formula is C11H12N5S+. The highest BCUT2D eigenvalue weighted by molar-refractivity contribution is 7.19. The highest BCUT2D eigenvalue weighted by Gasteiger charge is 2.09. The second-order valence-corrected chi connectivity index (χ2v) is 4.72. The van der Waals surface area contributed by atoms with Crippen LogP contribution in [0.1, 0.15) is 13.3 Å². The zero-order valence-corrected chi connectivity index (χ0v) is 10.3. The van der Waals surface area contributed by atoms with Gasteiger partial charge in [-0.25, -0.2) is 9.55 Å². The molecule has 0 fully saturated rings. The Morgan fingerprint density at radius 1 is 1.35 bits per heavy atom. The van der Waals surface area contributed by atoms with E-state index in [0.29, 0.717) is 0 Å². The fourth-order valence-corrected chi connectivity index (χ4v) is 2.49. The van der Waals surface area contributed by atoms with E-state index in [1.54, 1.807) is 16.0 Å². The van der Waals surface area contributed by atoms with E-state index in [1.165, 1.54) is 6.33 Å². The zero-order valence-electron chi connectivity index (χ0n) is 9.45. The molecule has 0 amide bonds. The van der Waals surface area contributed by atoms with E-state index in [9.17, 15) is 0 Å². The van der Waals surface area contributed by atoms with E-state index < -0.39 is 0 Å². The lowest BCUT2D eigenvalue weighted by molar-refractivity contribution is -0.696. The average molecular weight is 246 g/mol. The Labute approximate surface area is 102 Å². The number of aryl methyl sites for hydroxylation is 1. The molecule has 0 aliphatic rings. The number of pyridine rings is 1. The third kappa shape index (κ3) is 1.91. The lowest BCUT2D eigenvalue weighted by atomic mass is 10.3. The van der Waals surface area contributed by atoms with Gasteiger partial charge in [-0.2, -0.15) is 0 Å². The molecule has 0 unspecified atom stereocenters. The summed E-state index contributed by atoms with van der Waals surface area (Å²) in [6, 6.07) is 4.15. The Balaban J connectivity index is 1.95. The molecule has 3 aromatic heterocycles. The zero-order chi connectivity index (χ0) is 11.7. The summed E-state index contributed by atoms with van der Waals surface area (Å²) in [7, 11) is 0. The quantitative estimate of drug-likeness (QED) is 0.659. The van der Waals surface area contributed by atoms with E-state index in [-0.39, 0.29) is 0 Å². The van der Waals surface area contributed by atoms with Crippen LogP contribution in [0.25, 0.3) is 15.5 Å². The number of nitrogens with zero attached hydrogens (tertiary/aromatic N) is 5. The molecule has 5 nitrogen and oxygen atoms in total. The molecule has 0 saturated heterocycles. The summed E-state index contributed by atoms with van der Waals surface area (Å²) in [5.41, 5.74) is 1.11. The predicted octanol–water partition coefficient (Wildman–Crippen LogP) is 1.55. The Morgan fingerprint density at radius 3 is 2.88 bits per heavy atom. The number of hydrogen-bond acceptors (Lipinski definition) is 4. The Bertz CT molecular complexity index is 596. The van der Waals surface area contributed by atoms with Crippen molar-refractivity contribution in [2.24, 2.45) is 0 Å². The fraction of sp³-hybridized carbons (Fsp3) is 0.273. The molecular weight excluding hydrogens is 234 g/mol. The van der Waals surface area contributed by atoms with Crippen LogP contribution in [0.2, 0.25) is 0 Å². The van der Waals surface area contributed by atoms with Gasteiger partial charge in [-0.15, -0.1) is 14.8 Å². The summed E-state index contributed by atoms with van der Waals surface area (Å²) in [6.07, 6.45) is 6.81. The minimum Gasteiger partial charge on any atom is -0.205 e. The lowest BCUT2D eigenvalue weighted by Gasteiger charge is -1.95. The van der Waals surface area contributed by atoms with Crippen LogP contribution < -0.4 is 4.57 Å². The minimum atomic E-state index is 0.824. The first-order chi connectivity index (χ1) is 8.36. The van der Waals surface area contributed by atoms with Crippen molar-refractivity contribution in [2.75, 3.05) is 0 Å². The summed E-state index contributed by atoms with van der Waals surface area (Å²) in [6.45, 7) is 3.21. The minimum absolute atomic E-state index is 0.824. The van der Waals surface area contributed by atoms with E-state index in [2.05, 4.69) is 51.2 Å². The molecule has 0 atom stereocenters. The van der Waals surface area contributed by atoms with Crippen LogP contribution in [0, 0.1) is 0 Å². The van der Waals surface area contributed by atoms with Gasteiger partial charge in [0.15, 0.2) is 12.4 Å². The van der Waals surface area contributed by atoms with Crippen molar-refractivity contribution in [3.63, 3.8) is 0 Å². The van der Waals surface area contributed by atoms with Crippen LogP contribution in [-0.2, 0) is 6.54 Å². The van der Waals surface area contributed by atoms with Crippen LogP contribution in [-0.4, -0.2) is 19.8 Å². The highest BCUT2D eigenvalue weighted by Crippen LogP contribution is 2.23. The smallest absolute Gasteiger partial charge is 0.205 e. The molecule has 0 N–H and O–H groups in total. The van der Waals surface area contributed by atoms with Gasteiger partial charge < -0.3 is 0 Å². The van der Waals surface area contributed by atoms with Crippen molar-refractivity contribution in [1.29, 1.82) is 0 Å². The van der Waals surface area contributed by atoms with Crippen molar-refractivity contribution in [1.82, 2.24) is 19.8 Å². The van der Waals surface area contributed by atoms with E-state index in [1.807, 2.05) is 0 Å². The maximum absolute atomic E-state index is 4.37. The first-order valence-electron chi connectivity index (χ1n) is 5.53. The molecule has 86 valence electrons. The first-order valence-corrected chi connectivity index (χ1v) is 6.35.